The molecule has 1 unspecified atom stereocenters. The average Bonchev–Trinajstić information content (AvgIpc) is 2.85. The first-order valence-electron chi connectivity index (χ1n) is 7.15. The largest absolute Gasteiger partial charge is 0.399 e. The molecule has 1 heterocycles. The number of amides is 1. The molecule has 5 heteroatoms. The van der Waals surface area contributed by atoms with Gasteiger partial charge in [-0.15, -0.1) is 0 Å². The molecule has 1 aromatic heterocycles. The molecule has 0 fully saturated rings. The lowest BCUT2D eigenvalue weighted by Gasteiger charge is -2.12. The molecule has 0 spiro atoms. The predicted molar refractivity (Wildman–Crippen MR) is 83.8 cm³/mol. The number of nitrogens with two attached hydrogens (primary N) is 1. The van der Waals surface area contributed by atoms with Gasteiger partial charge in [0.2, 0.25) is 5.91 Å². The Bertz CT molecular complexity index is 589. The lowest BCUT2D eigenvalue weighted by molar-refractivity contribution is -0.121. The van der Waals surface area contributed by atoms with Gasteiger partial charge in [0.1, 0.15) is 0 Å². The van der Waals surface area contributed by atoms with Crippen molar-refractivity contribution < 1.29 is 4.79 Å². The normalized spacial score (nSPS) is 12.1. The number of aromatic nitrogens is 2. The van der Waals surface area contributed by atoms with Crippen LogP contribution in [0, 0.1) is 0 Å². The van der Waals surface area contributed by atoms with Crippen molar-refractivity contribution in [3.8, 4) is 0 Å². The molecular weight excluding hydrogens is 264 g/mol. The Labute approximate surface area is 125 Å². The third-order valence-electron chi connectivity index (χ3n) is 3.62. The number of nitrogen functional groups attached to an aromatic ring is 1. The summed E-state index contributed by atoms with van der Waals surface area (Å²) in [5.41, 5.74) is 8.65. The first kappa shape index (κ1) is 15.1. The number of carbonyl (C=O) groups excluding carboxylic acids is 1. The minimum absolute atomic E-state index is 0.0708. The zero-order valence-electron chi connectivity index (χ0n) is 12.5. The molecule has 1 amide bonds. The molecule has 112 valence electrons. The van der Waals surface area contributed by atoms with Gasteiger partial charge in [0.05, 0.1) is 0 Å². The summed E-state index contributed by atoms with van der Waals surface area (Å²) < 4.78 is 1.82. The van der Waals surface area contributed by atoms with Gasteiger partial charge in [-0.25, -0.2) is 0 Å². The minimum atomic E-state index is 0.0708. The van der Waals surface area contributed by atoms with E-state index >= 15 is 0 Å². The molecule has 2 aromatic rings. The number of rotatable bonds is 6. The lowest BCUT2D eigenvalue weighted by Crippen LogP contribution is -2.27. The van der Waals surface area contributed by atoms with Crippen LogP contribution in [-0.4, -0.2) is 22.2 Å². The Morgan fingerprint density at radius 1 is 1.33 bits per heavy atom. The van der Waals surface area contributed by atoms with Gasteiger partial charge in [-0.2, -0.15) is 5.10 Å². The highest BCUT2D eigenvalue weighted by Crippen LogP contribution is 2.19. The molecule has 0 aliphatic heterocycles. The number of hydrogen-bond donors (Lipinski definition) is 2. The van der Waals surface area contributed by atoms with Crippen molar-refractivity contribution in [1.29, 1.82) is 0 Å². The van der Waals surface area contributed by atoms with E-state index in [1.165, 1.54) is 0 Å². The van der Waals surface area contributed by atoms with Crippen molar-refractivity contribution in [2.45, 2.75) is 25.7 Å². The van der Waals surface area contributed by atoms with E-state index in [9.17, 15) is 4.79 Å². The Morgan fingerprint density at radius 3 is 2.67 bits per heavy atom. The number of nitrogens with zero attached hydrogens (tertiary/aromatic N) is 2. The molecule has 0 aliphatic rings. The third kappa shape index (κ3) is 4.34. The number of aryl methyl sites for hydroxylation is 1. The number of hydrogen-bond acceptors (Lipinski definition) is 3. The van der Waals surface area contributed by atoms with Crippen LogP contribution in [0.2, 0.25) is 0 Å². The second-order valence-electron chi connectivity index (χ2n) is 5.32. The van der Waals surface area contributed by atoms with Crippen LogP contribution in [-0.2, 0) is 18.3 Å². The van der Waals surface area contributed by atoms with Gasteiger partial charge < -0.3 is 11.1 Å². The van der Waals surface area contributed by atoms with E-state index in [1.807, 2.05) is 49.0 Å². The molecule has 1 atom stereocenters. The second kappa shape index (κ2) is 6.92. The molecule has 0 aliphatic carbocycles. The molecule has 0 bridgehead atoms. The Balaban J connectivity index is 1.76. The SMILES string of the molecule is CC(CC(=O)NCCc1ccnn1C)c1ccc(N)cc1. The molecule has 3 N–H and O–H groups in total. The zero-order chi connectivity index (χ0) is 15.2. The van der Waals surface area contributed by atoms with Gasteiger partial charge in [0.25, 0.3) is 0 Å². The number of anilines is 1. The summed E-state index contributed by atoms with van der Waals surface area (Å²) in [6, 6.07) is 9.65. The van der Waals surface area contributed by atoms with Crippen LogP contribution in [0.1, 0.15) is 30.5 Å². The second-order valence-corrected chi connectivity index (χ2v) is 5.32. The summed E-state index contributed by atoms with van der Waals surface area (Å²) in [6.45, 7) is 2.68. The highest BCUT2D eigenvalue weighted by molar-refractivity contribution is 5.76. The monoisotopic (exact) mass is 286 g/mol. The summed E-state index contributed by atoms with van der Waals surface area (Å²) in [7, 11) is 1.90. The van der Waals surface area contributed by atoms with Crippen molar-refractivity contribution in [3.63, 3.8) is 0 Å². The van der Waals surface area contributed by atoms with E-state index in [1.54, 1.807) is 6.20 Å². The van der Waals surface area contributed by atoms with Crippen LogP contribution in [0.3, 0.4) is 0 Å². The Hall–Kier alpha value is -2.30. The minimum Gasteiger partial charge on any atom is -0.399 e. The fraction of sp³-hybridized carbons (Fsp3) is 0.375. The zero-order valence-corrected chi connectivity index (χ0v) is 12.5. The van der Waals surface area contributed by atoms with Gasteiger partial charge in [0, 0.05) is 44.0 Å². The van der Waals surface area contributed by atoms with Crippen molar-refractivity contribution >= 4 is 11.6 Å². The molecule has 21 heavy (non-hydrogen) atoms. The Morgan fingerprint density at radius 2 is 2.05 bits per heavy atom. The summed E-state index contributed by atoms with van der Waals surface area (Å²) in [5, 5.41) is 7.06. The quantitative estimate of drug-likeness (QED) is 0.796. The van der Waals surface area contributed by atoms with Crippen molar-refractivity contribution in [2.24, 2.45) is 7.05 Å². The van der Waals surface area contributed by atoms with Crippen LogP contribution in [0.4, 0.5) is 5.69 Å². The van der Waals surface area contributed by atoms with Crippen LogP contribution in [0.5, 0.6) is 0 Å². The molecule has 5 nitrogen and oxygen atoms in total. The molecule has 2 rings (SSSR count). The summed E-state index contributed by atoms with van der Waals surface area (Å²) in [5.74, 6) is 0.254. The van der Waals surface area contributed by atoms with Gasteiger partial charge in [-0.3, -0.25) is 9.48 Å². The average molecular weight is 286 g/mol. The molecule has 0 saturated carbocycles. The van der Waals surface area contributed by atoms with Crippen LogP contribution < -0.4 is 11.1 Å². The number of benzene rings is 1. The topological polar surface area (TPSA) is 72.9 Å². The van der Waals surface area contributed by atoms with E-state index in [2.05, 4.69) is 10.4 Å². The molecule has 1 aromatic carbocycles. The maximum Gasteiger partial charge on any atom is 0.220 e. The van der Waals surface area contributed by atoms with Crippen molar-refractivity contribution in [3.05, 3.63) is 47.8 Å². The summed E-state index contributed by atoms with van der Waals surface area (Å²) in [6.07, 6.45) is 3.04. The standard InChI is InChI=1S/C16H22N4O/c1-12(13-3-5-14(17)6-4-13)11-16(21)18-9-7-15-8-10-19-20(15)2/h3-6,8,10,12H,7,9,11,17H2,1-2H3,(H,18,21). The maximum absolute atomic E-state index is 11.9. The van der Waals surface area contributed by atoms with E-state index in [0.29, 0.717) is 13.0 Å². The van der Waals surface area contributed by atoms with Crippen LogP contribution in [0.15, 0.2) is 36.5 Å². The Kier molecular flexibility index (Phi) is 4.98. The third-order valence-corrected chi connectivity index (χ3v) is 3.62. The first-order valence-corrected chi connectivity index (χ1v) is 7.15. The summed E-state index contributed by atoms with van der Waals surface area (Å²) >= 11 is 0. The van der Waals surface area contributed by atoms with Gasteiger partial charge in [-0.1, -0.05) is 19.1 Å². The number of nitrogens with one attached hydrogen (secondary N) is 1. The molecular formula is C16H22N4O. The summed E-state index contributed by atoms with van der Waals surface area (Å²) in [4.78, 5) is 11.9. The maximum atomic E-state index is 11.9. The van der Waals surface area contributed by atoms with Crippen molar-refractivity contribution in [2.75, 3.05) is 12.3 Å². The van der Waals surface area contributed by atoms with Crippen molar-refractivity contribution in [1.82, 2.24) is 15.1 Å². The van der Waals surface area contributed by atoms with Gasteiger partial charge >= 0.3 is 0 Å². The van der Waals surface area contributed by atoms with E-state index in [4.69, 9.17) is 5.73 Å². The highest BCUT2D eigenvalue weighted by Gasteiger charge is 2.11. The highest BCUT2D eigenvalue weighted by atomic mass is 16.1. The first-order chi connectivity index (χ1) is 10.1. The van der Waals surface area contributed by atoms with E-state index < -0.39 is 0 Å². The molecule has 0 saturated heterocycles. The van der Waals surface area contributed by atoms with Crippen LogP contribution >= 0.6 is 0 Å². The molecule has 0 radical (unpaired) electrons. The predicted octanol–water partition coefficient (Wildman–Crippen LogP) is 1.85. The fourth-order valence-corrected chi connectivity index (χ4v) is 2.27. The van der Waals surface area contributed by atoms with E-state index in [-0.39, 0.29) is 11.8 Å². The lowest BCUT2D eigenvalue weighted by atomic mass is 9.97. The smallest absolute Gasteiger partial charge is 0.220 e. The fourth-order valence-electron chi connectivity index (χ4n) is 2.27. The van der Waals surface area contributed by atoms with E-state index in [0.717, 1.165) is 23.4 Å². The van der Waals surface area contributed by atoms with Gasteiger partial charge in [0.15, 0.2) is 0 Å². The van der Waals surface area contributed by atoms with Gasteiger partial charge in [-0.05, 0) is 29.7 Å². The number of carbonyl (C=O) groups is 1. The van der Waals surface area contributed by atoms with Crippen LogP contribution in [0.25, 0.3) is 0 Å².